The predicted octanol–water partition coefficient (Wildman–Crippen LogP) is 4.22. The third kappa shape index (κ3) is 3.88. The number of benzene rings is 1. The van der Waals surface area contributed by atoms with E-state index < -0.39 is 0 Å². The lowest BCUT2D eigenvalue weighted by Gasteiger charge is -2.23. The molecular weight excluding hydrogens is 316 g/mol. The lowest BCUT2D eigenvalue weighted by Crippen LogP contribution is -2.26. The molecule has 100 valence electrons. The van der Waals surface area contributed by atoms with Crippen molar-refractivity contribution < 1.29 is 4.92 Å². The van der Waals surface area contributed by atoms with E-state index in [1.807, 2.05) is 0 Å². The van der Waals surface area contributed by atoms with Gasteiger partial charge in [0.15, 0.2) is 0 Å². The van der Waals surface area contributed by atoms with Gasteiger partial charge in [0.2, 0.25) is 0 Å². The Kier molecular flexibility index (Phi) is 5.04. The number of nitro groups is 1. The molecule has 0 amide bonds. The smallest absolute Gasteiger partial charge is 0.273 e. The van der Waals surface area contributed by atoms with Gasteiger partial charge in [-0.3, -0.25) is 10.1 Å². The lowest BCUT2D eigenvalue weighted by atomic mass is 10.1. The fourth-order valence-electron chi connectivity index (χ4n) is 1.38. The molecule has 1 N–H and O–H groups in total. The molecule has 0 saturated carbocycles. The van der Waals surface area contributed by atoms with Crippen LogP contribution in [0.25, 0.3) is 0 Å². The molecule has 4 nitrogen and oxygen atoms in total. The van der Waals surface area contributed by atoms with Gasteiger partial charge in [-0.15, -0.1) is 0 Å². The Morgan fingerprint density at radius 2 is 2.11 bits per heavy atom. The Morgan fingerprint density at radius 1 is 1.50 bits per heavy atom. The molecule has 0 radical (unpaired) electrons. The molecule has 18 heavy (non-hydrogen) atoms. The standard InChI is InChI=1S/C12H17BrN2O2S/c1-8-5-10(14-7-12(2,3)18-4)9(13)6-11(8)15(16)17/h5-6,14H,7H2,1-4H3. The van der Waals surface area contributed by atoms with Crippen LogP contribution in [0.1, 0.15) is 19.4 Å². The highest BCUT2D eigenvalue weighted by molar-refractivity contribution is 9.10. The van der Waals surface area contributed by atoms with Crippen molar-refractivity contribution in [2.24, 2.45) is 0 Å². The number of halogens is 1. The summed E-state index contributed by atoms with van der Waals surface area (Å²) >= 11 is 5.14. The van der Waals surface area contributed by atoms with Crippen LogP contribution in [-0.2, 0) is 0 Å². The average molecular weight is 333 g/mol. The summed E-state index contributed by atoms with van der Waals surface area (Å²) in [5, 5.41) is 14.1. The normalized spacial score (nSPS) is 11.4. The van der Waals surface area contributed by atoms with Crippen LogP contribution in [0.4, 0.5) is 11.4 Å². The SMILES string of the molecule is CSC(C)(C)CNc1cc(C)c([N+](=O)[O-])cc1Br. The van der Waals surface area contributed by atoms with Gasteiger partial charge in [0, 0.05) is 33.1 Å². The maximum atomic E-state index is 10.8. The number of nitro benzene ring substituents is 1. The third-order valence-corrected chi connectivity index (χ3v) is 4.65. The van der Waals surface area contributed by atoms with E-state index in [0.29, 0.717) is 5.56 Å². The van der Waals surface area contributed by atoms with E-state index in [2.05, 4.69) is 41.3 Å². The first kappa shape index (κ1) is 15.3. The second-order valence-electron chi connectivity index (χ2n) is 4.69. The Bertz CT molecular complexity index is 464. The fourth-order valence-corrected chi connectivity index (χ4v) is 2.07. The molecule has 6 heteroatoms. The van der Waals surface area contributed by atoms with E-state index in [-0.39, 0.29) is 15.4 Å². The molecular formula is C12H17BrN2O2S. The Labute approximate surface area is 120 Å². The van der Waals surface area contributed by atoms with Crippen molar-refractivity contribution >= 4 is 39.1 Å². The Balaban J connectivity index is 2.92. The molecule has 0 heterocycles. The number of anilines is 1. The molecule has 0 unspecified atom stereocenters. The van der Waals surface area contributed by atoms with Gasteiger partial charge < -0.3 is 5.32 Å². The van der Waals surface area contributed by atoms with E-state index >= 15 is 0 Å². The van der Waals surface area contributed by atoms with Gasteiger partial charge in [0.1, 0.15) is 0 Å². The second-order valence-corrected chi connectivity index (χ2v) is 7.06. The molecule has 0 aliphatic heterocycles. The zero-order valence-corrected chi connectivity index (χ0v) is 13.3. The number of aryl methyl sites for hydroxylation is 1. The van der Waals surface area contributed by atoms with Crippen LogP contribution >= 0.6 is 27.7 Å². The van der Waals surface area contributed by atoms with Gasteiger partial charge in [-0.25, -0.2) is 0 Å². The molecule has 0 bridgehead atoms. The van der Waals surface area contributed by atoms with Gasteiger partial charge in [-0.05, 0) is 49.0 Å². The molecule has 1 aromatic rings. The number of nitrogens with one attached hydrogen (secondary N) is 1. The fraction of sp³-hybridized carbons (Fsp3) is 0.500. The van der Waals surface area contributed by atoms with E-state index in [1.54, 1.807) is 30.8 Å². The van der Waals surface area contributed by atoms with Crippen LogP contribution in [0.5, 0.6) is 0 Å². The van der Waals surface area contributed by atoms with E-state index in [0.717, 1.165) is 16.7 Å². The molecule has 0 aliphatic carbocycles. The van der Waals surface area contributed by atoms with Crippen molar-refractivity contribution in [2.45, 2.75) is 25.5 Å². The average Bonchev–Trinajstić information content (AvgIpc) is 2.29. The van der Waals surface area contributed by atoms with E-state index in [1.165, 1.54) is 0 Å². The summed E-state index contributed by atoms with van der Waals surface area (Å²) in [6.07, 6.45) is 2.07. The molecule has 0 atom stereocenters. The first-order valence-corrected chi connectivity index (χ1v) is 7.52. The van der Waals surface area contributed by atoms with Crippen LogP contribution in [0.15, 0.2) is 16.6 Å². The second kappa shape index (κ2) is 5.93. The molecule has 1 aromatic carbocycles. The minimum Gasteiger partial charge on any atom is -0.383 e. The highest BCUT2D eigenvalue weighted by Crippen LogP contribution is 2.31. The van der Waals surface area contributed by atoms with Crippen LogP contribution in [0.3, 0.4) is 0 Å². The number of nitrogens with zero attached hydrogens (tertiary/aromatic N) is 1. The summed E-state index contributed by atoms with van der Waals surface area (Å²) < 4.78 is 0.839. The van der Waals surface area contributed by atoms with Crippen LogP contribution in [-0.4, -0.2) is 22.5 Å². The van der Waals surface area contributed by atoms with Crippen LogP contribution < -0.4 is 5.32 Å². The van der Waals surface area contributed by atoms with E-state index in [4.69, 9.17) is 0 Å². The summed E-state index contributed by atoms with van der Waals surface area (Å²) in [6.45, 7) is 6.84. The Hall–Kier alpha value is -0.750. The molecule has 1 rings (SSSR count). The molecule has 0 aromatic heterocycles. The third-order valence-electron chi connectivity index (χ3n) is 2.74. The number of rotatable bonds is 5. The topological polar surface area (TPSA) is 55.2 Å². The van der Waals surface area contributed by atoms with Gasteiger partial charge in [0.05, 0.1) is 4.92 Å². The largest absolute Gasteiger partial charge is 0.383 e. The molecule has 0 spiro atoms. The predicted molar refractivity (Wildman–Crippen MR) is 81.6 cm³/mol. The highest BCUT2D eigenvalue weighted by Gasteiger charge is 2.18. The zero-order valence-electron chi connectivity index (χ0n) is 10.9. The zero-order chi connectivity index (χ0) is 13.9. The summed E-state index contributed by atoms with van der Waals surface area (Å²) in [5.41, 5.74) is 1.68. The van der Waals surface area contributed by atoms with Crippen molar-refractivity contribution in [3.05, 3.63) is 32.3 Å². The monoisotopic (exact) mass is 332 g/mol. The number of hydrogen-bond donors (Lipinski definition) is 1. The van der Waals surface area contributed by atoms with Crippen LogP contribution in [0.2, 0.25) is 0 Å². The molecule has 0 aliphatic rings. The minimum absolute atomic E-state index is 0.120. The van der Waals surface area contributed by atoms with Crippen molar-refractivity contribution in [2.75, 3.05) is 18.1 Å². The van der Waals surface area contributed by atoms with Crippen molar-refractivity contribution in [3.63, 3.8) is 0 Å². The maximum Gasteiger partial charge on any atom is 0.273 e. The van der Waals surface area contributed by atoms with Gasteiger partial charge >= 0.3 is 0 Å². The highest BCUT2D eigenvalue weighted by atomic mass is 79.9. The van der Waals surface area contributed by atoms with E-state index in [9.17, 15) is 10.1 Å². The van der Waals surface area contributed by atoms with Crippen molar-refractivity contribution in [3.8, 4) is 0 Å². The van der Waals surface area contributed by atoms with Gasteiger partial charge in [-0.1, -0.05) is 0 Å². The summed E-state index contributed by atoms with van der Waals surface area (Å²) in [7, 11) is 0. The maximum absolute atomic E-state index is 10.8. The quantitative estimate of drug-likeness (QED) is 0.647. The van der Waals surface area contributed by atoms with Gasteiger partial charge in [0.25, 0.3) is 5.69 Å². The first-order chi connectivity index (χ1) is 8.26. The summed E-state index contributed by atoms with van der Waals surface area (Å²) in [5.74, 6) is 0. The van der Waals surface area contributed by atoms with Crippen LogP contribution in [0, 0.1) is 17.0 Å². The van der Waals surface area contributed by atoms with Crippen molar-refractivity contribution in [1.82, 2.24) is 0 Å². The molecule has 0 fully saturated rings. The molecule has 0 saturated heterocycles. The summed E-state index contributed by atoms with van der Waals surface area (Å²) in [4.78, 5) is 10.4. The minimum atomic E-state index is -0.365. The van der Waals surface area contributed by atoms with Gasteiger partial charge in [-0.2, -0.15) is 11.8 Å². The number of thioether (sulfide) groups is 1. The lowest BCUT2D eigenvalue weighted by molar-refractivity contribution is -0.385. The number of hydrogen-bond acceptors (Lipinski definition) is 4. The Morgan fingerprint density at radius 3 is 2.61 bits per heavy atom. The summed E-state index contributed by atoms with van der Waals surface area (Å²) in [6, 6.07) is 3.35. The van der Waals surface area contributed by atoms with Crippen molar-refractivity contribution in [1.29, 1.82) is 0 Å². The first-order valence-electron chi connectivity index (χ1n) is 5.50.